The second-order valence-electron chi connectivity index (χ2n) is 5.61. The molecule has 1 aliphatic heterocycles. The molecule has 1 aromatic heterocycles. The lowest BCUT2D eigenvalue weighted by atomic mass is 9.99. The molecule has 0 unspecified atom stereocenters. The topological polar surface area (TPSA) is 49.4 Å². The van der Waals surface area contributed by atoms with Gasteiger partial charge < -0.3 is 15.1 Å². The standard InChI is InChI=1S/C18H16BrN3O/c1-23-13-6-7-16-14(8-13)15(10-20-16)18-9-17(21-22-18)11-2-4-12(19)5-3-11/h2-8,10,18,20,22H,9H2,1H3/t18-/m0/s1. The third-order valence-corrected chi connectivity index (χ3v) is 4.76. The first kappa shape index (κ1) is 14.3. The van der Waals surface area contributed by atoms with Gasteiger partial charge in [-0.3, -0.25) is 0 Å². The number of ether oxygens (including phenoxy) is 1. The predicted octanol–water partition coefficient (Wildman–Crippen LogP) is 4.38. The number of H-pyrrole nitrogens is 1. The van der Waals surface area contributed by atoms with Gasteiger partial charge in [0.2, 0.25) is 0 Å². The summed E-state index contributed by atoms with van der Waals surface area (Å²) in [4.78, 5) is 3.33. The molecule has 0 bridgehead atoms. The molecular formula is C18H16BrN3O. The maximum atomic E-state index is 5.34. The first-order chi connectivity index (χ1) is 11.2. The lowest BCUT2D eigenvalue weighted by Gasteiger charge is -2.09. The van der Waals surface area contributed by atoms with Crippen LogP contribution in [0.3, 0.4) is 0 Å². The van der Waals surface area contributed by atoms with Gasteiger partial charge in [-0.1, -0.05) is 28.1 Å². The van der Waals surface area contributed by atoms with E-state index in [1.54, 1.807) is 7.11 Å². The highest BCUT2D eigenvalue weighted by Crippen LogP contribution is 2.32. The van der Waals surface area contributed by atoms with Crippen LogP contribution in [0.2, 0.25) is 0 Å². The summed E-state index contributed by atoms with van der Waals surface area (Å²) in [6.45, 7) is 0. The number of nitrogens with one attached hydrogen (secondary N) is 2. The minimum Gasteiger partial charge on any atom is -0.497 e. The summed E-state index contributed by atoms with van der Waals surface area (Å²) in [5.74, 6) is 0.866. The molecule has 1 atom stereocenters. The highest BCUT2D eigenvalue weighted by Gasteiger charge is 2.23. The first-order valence-corrected chi connectivity index (χ1v) is 8.27. The summed E-state index contributed by atoms with van der Waals surface area (Å²) in [6.07, 6.45) is 2.92. The van der Waals surface area contributed by atoms with Gasteiger partial charge in [-0.05, 0) is 35.9 Å². The number of rotatable bonds is 3. The van der Waals surface area contributed by atoms with Crippen molar-refractivity contribution < 1.29 is 4.74 Å². The van der Waals surface area contributed by atoms with E-state index in [1.165, 1.54) is 10.9 Å². The van der Waals surface area contributed by atoms with E-state index in [-0.39, 0.29) is 6.04 Å². The van der Waals surface area contributed by atoms with Crippen LogP contribution in [0.4, 0.5) is 0 Å². The first-order valence-electron chi connectivity index (χ1n) is 7.47. The summed E-state index contributed by atoms with van der Waals surface area (Å²) in [6, 6.07) is 14.5. The normalized spacial score (nSPS) is 17.1. The summed E-state index contributed by atoms with van der Waals surface area (Å²) in [7, 11) is 1.69. The van der Waals surface area contributed by atoms with E-state index in [2.05, 4.69) is 55.8 Å². The Morgan fingerprint density at radius 2 is 2.00 bits per heavy atom. The largest absolute Gasteiger partial charge is 0.497 e. The molecule has 5 heteroatoms. The SMILES string of the molecule is COc1ccc2[nH]cc([C@@H]3CC(c4ccc(Br)cc4)=NN3)c2c1. The van der Waals surface area contributed by atoms with Crippen LogP contribution in [0.25, 0.3) is 10.9 Å². The molecule has 0 spiro atoms. The van der Waals surface area contributed by atoms with E-state index in [0.717, 1.165) is 33.4 Å². The summed E-state index contributed by atoms with van der Waals surface area (Å²) < 4.78 is 6.42. The van der Waals surface area contributed by atoms with E-state index >= 15 is 0 Å². The van der Waals surface area contributed by atoms with E-state index in [9.17, 15) is 0 Å². The number of halogens is 1. The van der Waals surface area contributed by atoms with E-state index in [4.69, 9.17) is 4.74 Å². The zero-order valence-corrected chi connectivity index (χ0v) is 14.2. The Morgan fingerprint density at radius 3 is 2.78 bits per heavy atom. The highest BCUT2D eigenvalue weighted by atomic mass is 79.9. The zero-order chi connectivity index (χ0) is 15.8. The zero-order valence-electron chi connectivity index (χ0n) is 12.6. The second kappa shape index (κ2) is 5.74. The molecule has 0 fully saturated rings. The van der Waals surface area contributed by atoms with Gasteiger partial charge in [0, 0.05) is 33.6 Å². The van der Waals surface area contributed by atoms with Crippen LogP contribution in [-0.2, 0) is 0 Å². The fourth-order valence-corrected chi connectivity index (χ4v) is 3.25. The van der Waals surface area contributed by atoms with E-state index in [1.807, 2.05) is 24.3 Å². The van der Waals surface area contributed by atoms with Crippen LogP contribution < -0.4 is 10.2 Å². The molecule has 0 saturated heterocycles. The molecule has 2 aromatic carbocycles. The molecule has 2 heterocycles. The van der Waals surface area contributed by atoms with Crippen molar-refractivity contribution in [3.63, 3.8) is 0 Å². The van der Waals surface area contributed by atoms with Crippen LogP contribution >= 0.6 is 15.9 Å². The van der Waals surface area contributed by atoms with Gasteiger partial charge in [-0.25, -0.2) is 0 Å². The van der Waals surface area contributed by atoms with Gasteiger partial charge in [0.05, 0.1) is 18.9 Å². The minimum atomic E-state index is 0.175. The third kappa shape index (κ3) is 2.61. The Hall–Kier alpha value is -2.27. The van der Waals surface area contributed by atoms with E-state index in [0.29, 0.717) is 0 Å². The average molecular weight is 370 g/mol. The van der Waals surface area contributed by atoms with Crippen molar-refractivity contribution in [2.24, 2.45) is 5.10 Å². The fourth-order valence-electron chi connectivity index (χ4n) is 2.98. The van der Waals surface area contributed by atoms with Crippen molar-refractivity contribution in [2.75, 3.05) is 7.11 Å². The average Bonchev–Trinajstić information content (AvgIpc) is 3.21. The van der Waals surface area contributed by atoms with Crippen molar-refractivity contribution >= 4 is 32.5 Å². The van der Waals surface area contributed by atoms with Crippen LogP contribution in [0.5, 0.6) is 5.75 Å². The minimum absolute atomic E-state index is 0.175. The number of aromatic amines is 1. The Morgan fingerprint density at radius 1 is 1.17 bits per heavy atom. The Kier molecular flexibility index (Phi) is 3.58. The lowest BCUT2D eigenvalue weighted by Crippen LogP contribution is -2.09. The molecule has 4 nitrogen and oxygen atoms in total. The van der Waals surface area contributed by atoms with Crippen LogP contribution in [0.1, 0.15) is 23.6 Å². The summed E-state index contributed by atoms with van der Waals surface area (Å²) in [5.41, 5.74) is 7.83. The molecule has 4 rings (SSSR count). The second-order valence-corrected chi connectivity index (χ2v) is 6.52. The predicted molar refractivity (Wildman–Crippen MR) is 96.0 cm³/mol. The molecule has 0 aliphatic carbocycles. The Bertz CT molecular complexity index is 883. The van der Waals surface area contributed by atoms with E-state index < -0.39 is 0 Å². The summed E-state index contributed by atoms with van der Waals surface area (Å²) >= 11 is 3.47. The maximum Gasteiger partial charge on any atom is 0.119 e. The molecule has 116 valence electrons. The maximum absolute atomic E-state index is 5.34. The quantitative estimate of drug-likeness (QED) is 0.719. The molecule has 1 aliphatic rings. The number of nitrogens with zero attached hydrogens (tertiary/aromatic N) is 1. The van der Waals surface area contributed by atoms with Crippen LogP contribution in [0, 0.1) is 0 Å². The number of methoxy groups -OCH3 is 1. The van der Waals surface area contributed by atoms with Gasteiger partial charge in [-0.15, -0.1) is 0 Å². The number of benzene rings is 2. The van der Waals surface area contributed by atoms with Gasteiger partial charge in [0.1, 0.15) is 5.75 Å². The number of hydrogen-bond donors (Lipinski definition) is 2. The van der Waals surface area contributed by atoms with Gasteiger partial charge in [0.25, 0.3) is 0 Å². The van der Waals surface area contributed by atoms with Crippen LogP contribution in [0.15, 0.2) is 58.2 Å². The molecule has 0 amide bonds. The highest BCUT2D eigenvalue weighted by molar-refractivity contribution is 9.10. The molecular weight excluding hydrogens is 354 g/mol. The summed E-state index contributed by atoms with van der Waals surface area (Å²) in [5, 5.41) is 5.70. The Labute approximate surface area is 142 Å². The Balaban J connectivity index is 1.62. The number of hydrogen-bond acceptors (Lipinski definition) is 3. The molecule has 2 N–H and O–H groups in total. The van der Waals surface area contributed by atoms with Crippen molar-refractivity contribution in [3.8, 4) is 5.75 Å². The van der Waals surface area contributed by atoms with Gasteiger partial charge in [0.15, 0.2) is 0 Å². The molecule has 3 aromatic rings. The van der Waals surface area contributed by atoms with Crippen molar-refractivity contribution in [3.05, 3.63) is 64.3 Å². The van der Waals surface area contributed by atoms with Gasteiger partial charge in [-0.2, -0.15) is 5.10 Å². The molecule has 0 saturated carbocycles. The van der Waals surface area contributed by atoms with Crippen molar-refractivity contribution in [1.82, 2.24) is 10.4 Å². The van der Waals surface area contributed by atoms with Gasteiger partial charge >= 0.3 is 0 Å². The van der Waals surface area contributed by atoms with Crippen LogP contribution in [-0.4, -0.2) is 17.8 Å². The monoisotopic (exact) mass is 369 g/mol. The number of hydrazone groups is 1. The molecule has 0 radical (unpaired) electrons. The lowest BCUT2D eigenvalue weighted by molar-refractivity contribution is 0.415. The number of fused-ring (bicyclic) bond motifs is 1. The smallest absolute Gasteiger partial charge is 0.119 e. The third-order valence-electron chi connectivity index (χ3n) is 4.23. The fraction of sp³-hybridized carbons (Fsp3) is 0.167. The van der Waals surface area contributed by atoms with Crippen molar-refractivity contribution in [1.29, 1.82) is 0 Å². The number of aromatic nitrogens is 1. The molecule has 23 heavy (non-hydrogen) atoms. The van der Waals surface area contributed by atoms with Crippen molar-refractivity contribution in [2.45, 2.75) is 12.5 Å².